The van der Waals surface area contributed by atoms with Crippen molar-refractivity contribution in [2.45, 2.75) is 39.5 Å². The lowest BCUT2D eigenvalue weighted by Gasteiger charge is -2.13. The lowest BCUT2D eigenvalue weighted by atomic mass is 9.93. The number of pyridine rings is 2. The van der Waals surface area contributed by atoms with Gasteiger partial charge in [0, 0.05) is 34.8 Å². The van der Waals surface area contributed by atoms with Crippen molar-refractivity contribution in [2.75, 3.05) is 0 Å². The molecule has 0 aliphatic carbocycles. The first-order chi connectivity index (χ1) is 15.0. The molecule has 3 nitrogen and oxygen atoms in total. The van der Waals surface area contributed by atoms with E-state index in [1.807, 2.05) is 25.3 Å². The highest BCUT2D eigenvalue weighted by molar-refractivity contribution is 6.07. The Balaban J connectivity index is 1.73. The second-order valence-electron chi connectivity index (χ2n) is 8.60. The standard InChI is InChI=1S/C28H26N2O/c1-17(2)21-12-13-29-24(16-21)22-10-11-25-23(15-22)27-26(31-25)14-18(3)30-28(27)19(4)20-8-6-5-7-9-20/h5-17,19H,1-4H3. The number of aromatic nitrogens is 2. The van der Waals surface area contributed by atoms with Gasteiger partial charge < -0.3 is 4.42 Å². The average Bonchev–Trinajstić information content (AvgIpc) is 3.16. The zero-order valence-electron chi connectivity index (χ0n) is 18.4. The Morgan fingerprint density at radius 3 is 2.39 bits per heavy atom. The third-order valence-corrected chi connectivity index (χ3v) is 6.06. The van der Waals surface area contributed by atoms with Gasteiger partial charge in [-0.05, 0) is 54.3 Å². The topological polar surface area (TPSA) is 38.9 Å². The zero-order valence-corrected chi connectivity index (χ0v) is 18.4. The maximum absolute atomic E-state index is 6.25. The summed E-state index contributed by atoms with van der Waals surface area (Å²) in [6.07, 6.45) is 1.90. The summed E-state index contributed by atoms with van der Waals surface area (Å²) in [6.45, 7) is 8.65. The van der Waals surface area contributed by atoms with Gasteiger partial charge >= 0.3 is 0 Å². The first kappa shape index (κ1) is 19.5. The molecule has 3 aromatic heterocycles. The highest BCUT2D eigenvalue weighted by Crippen LogP contribution is 2.38. The van der Waals surface area contributed by atoms with Crippen LogP contribution < -0.4 is 0 Å². The number of rotatable bonds is 4. The van der Waals surface area contributed by atoms with Crippen molar-refractivity contribution in [3.63, 3.8) is 0 Å². The Labute approximate surface area is 182 Å². The number of furan rings is 1. The molecule has 3 heteroatoms. The summed E-state index contributed by atoms with van der Waals surface area (Å²) in [5, 5.41) is 2.19. The average molecular weight is 407 g/mol. The Bertz CT molecular complexity index is 1380. The zero-order chi connectivity index (χ0) is 21.5. The second kappa shape index (κ2) is 7.66. The fourth-order valence-electron chi connectivity index (χ4n) is 4.29. The molecule has 154 valence electrons. The van der Waals surface area contributed by atoms with Crippen LogP contribution in [0.4, 0.5) is 0 Å². The Hall–Kier alpha value is -3.46. The van der Waals surface area contributed by atoms with Crippen LogP contribution >= 0.6 is 0 Å². The summed E-state index contributed by atoms with van der Waals surface area (Å²) in [7, 11) is 0. The van der Waals surface area contributed by atoms with Crippen molar-refractivity contribution in [3.8, 4) is 11.3 Å². The van der Waals surface area contributed by atoms with E-state index >= 15 is 0 Å². The normalized spacial score (nSPS) is 12.7. The molecule has 31 heavy (non-hydrogen) atoms. The largest absolute Gasteiger partial charge is 0.456 e. The molecule has 1 unspecified atom stereocenters. The van der Waals surface area contributed by atoms with Crippen LogP contribution in [-0.2, 0) is 0 Å². The van der Waals surface area contributed by atoms with Gasteiger partial charge in [-0.25, -0.2) is 0 Å². The van der Waals surface area contributed by atoms with Gasteiger partial charge in [0.05, 0.1) is 16.8 Å². The minimum absolute atomic E-state index is 0.162. The molecule has 1 atom stereocenters. The molecule has 3 heterocycles. The predicted octanol–water partition coefficient (Wildman–Crippen LogP) is 7.63. The van der Waals surface area contributed by atoms with E-state index in [0.29, 0.717) is 5.92 Å². The van der Waals surface area contributed by atoms with E-state index in [2.05, 4.69) is 80.4 Å². The van der Waals surface area contributed by atoms with Gasteiger partial charge in [0.15, 0.2) is 0 Å². The second-order valence-corrected chi connectivity index (χ2v) is 8.60. The summed E-state index contributed by atoms with van der Waals surface area (Å²) >= 11 is 0. The highest BCUT2D eigenvalue weighted by Gasteiger charge is 2.20. The van der Waals surface area contributed by atoms with E-state index in [1.165, 1.54) is 11.1 Å². The molecule has 0 bridgehead atoms. The number of hydrogen-bond donors (Lipinski definition) is 0. The molecule has 5 aromatic rings. The van der Waals surface area contributed by atoms with E-state index in [1.54, 1.807) is 0 Å². The summed E-state index contributed by atoms with van der Waals surface area (Å²) in [6, 6.07) is 23.2. The smallest absolute Gasteiger partial charge is 0.139 e. The Morgan fingerprint density at radius 1 is 0.806 bits per heavy atom. The third-order valence-electron chi connectivity index (χ3n) is 6.06. The molecule has 0 fully saturated rings. The summed E-state index contributed by atoms with van der Waals surface area (Å²) < 4.78 is 6.25. The molecule has 0 aliphatic heterocycles. The Kier molecular flexibility index (Phi) is 4.82. The molecule has 5 rings (SSSR count). The number of benzene rings is 2. The van der Waals surface area contributed by atoms with Crippen molar-refractivity contribution < 1.29 is 4.42 Å². The van der Waals surface area contributed by atoms with Crippen molar-refractivity contribution in [3.05, 3.63) is 95.4 Å². The van der Waals surface area contributed by atoms with Crippen LogP contribution in [0.2, 0.25) is 0 Å². The lowest BCUT2D eigenvalue weighted by Crippen LogP contribution is -2.01. The molecule has 0 saturated carbocycles. The van der Waals surface area contributed by atoms with Crippen molar-refractivity contribution in [1.29, 1.82) is 0 Å². The Morgan fingerprint density at radius 2 is 1.61 bits per heavy atom. The summed E-state index contributed by atoms with van der Waals surface area (Å²) in [5.74, 6) is 0.626. The van der Waals surface area contributed by atoms with Gasteiger partial charge in [-0.2, -0.15) is 0 Å². The monoisotopic (exact) mass is 406 g/mol. The molecular formula is C28H26N2O. The maximum atomic E-state index is 6.25. The first-order valence-corrected chi connectivity index (χ1v) is 10.9. The predicted molar refractivity (Wildman–Crippen MR) is 128 cm³/mol. The molecular weight excluding hydrogens is 380 g/mol. The molecule has 0 saturated heterocycles. The molecule has 0 aliphatic rings. The van der Waals surface area contributed by atoms with E-state index in [9.17, 15) is 0 Å². The van der Waals surface area contributed by atoms with Gasteiger partial charge in [-0.15, -0.1) is 0 Å². The van der Waals surface area contributed by atoms with Crippen LogP contribution in [0.15, 0.2) is 77.3 Å². The van der Waals surface area contributed by atoms with E-state index < -0.39 is 0 Å². The summed E-state index contributed by atoms with van der Waals surface area (Å²) in [4.78, 5) is 9.60. The molecule has 2 aromatic carbocycles. The SMILES string of the molecule is Cc1cc2oc3ccc(-c4cc(C(C)C)ccn4)cc3c2c(C(C)c2ccccc2)n1. The maximum Gasteiger partial charge on any atom is 0.139 e. The molecule has 0 N–H and O–H groups in total. The van der Waals surface area contributed by atoms with Gasteiger partial charge in [0.25, 0.3) is 0 Å². The third kappa shape index (κ3) is 3.50. The highest BCUT2D eigenvalue weighted by atomic mass is 16.3. The molecule has 0 spiro atoms. The van der Waals surface area contributed by atoms with E-state index in [-0.39, 0.29) is 5.92 Å². The number of nitrogens with zero attached hydrogens (tertiary/aromatic N) is 2. The van der Waals surface area contributed by atoms with E-state index in [4.69, 9.17) is 9.40 Å². The van der Waals surface area contributed by atoms with Crippen molar-refractivity contribution >= 4 is 21.9 Å². The lowest BCUT2D eigenvalue weighted by molar-refractivity contribution is 0.667. The number of aryl methyl sites for hydroxylation is 1. The van der Waals surface area contributed by atoms with Crippen LogP contribution in [0.5, 0.6) is 0 Å². The molecule has 0 radical (unpaired) electrons. The van der Waals surface area contributed by atoms with Gasteiger partial charge in [-0.1, -0.05) is 51.1 Å². The summed E-state index contributed by atoms with van der Waals surface area (Å²) in [5.41, 5.74) is 8.42. The molecule has 0 amide bonds. The van der Waals surface area contributed by atoms with Crippen LogP contribution in [0.3, 0.4) is 0 Å². The minimum Gasteiger partial charge on any atom is -0.456 e. The van der Waals surface area contributed by atoms with Gasteiger partial charge in [0.2, 0.25) is 0 Å². The fraction of sp³-hybridized carbons (Fsp3) is 0.214. The van der Waals surface area contributed by atoms with Gasteiger partial charge in [-0.3, -0.25) is 9.97 Å². The van der Waals surface area contributed by atoms with Crippen LogP contribution in [-0.4, -0.2) is 9.97 Å². The van der Waals surface area contributed by atoms with Crippen LogP contribution in [0, 0.1) is 6.92 Å². The van der Waals surface area contributed by atoms with Crippen LogP contribution in [0.25, 0.3) is 33.2 Å². The first-order valence-electron chi connectivity index (χ1n) is 10.9. The number of hydrogen-bond acceptors (Lipinski definition) is 3. The quantitative estimate of drug-likeness (QED) is 0.308. The number of fused-ring (bicyclic) bond motifs is 3. The van der Waals surface area contributed by atoms with E-state index in [0.717, 1.165) is 44.6 Å². The fourth-order valence-corrected chi connectivity index (χ4v) is 4.29. The van der Waals surface area contributed by atoms with Gasteiger partial charge in [0.1, 0.15) is 11.2 Å². The van der Waals surface area contributed by atoms with Crippen LogP contribution in [0.1, 0.15) is 55.1 Å². The minimum atomic E-state index is 0.162. The van der Waals surface area contributed by atoms with Crippen molar-refractivity contribution in [1.82, 2.24) is 9.97 Å². The van der Waals surface area contributed by atoms with Crippen molar-refractivity contribution in [2.24, 2.45) is 0 Å².